The van der Waals surface area contributed by atoms with E-state index in [1.165, 1.54) is 12.8 Å². The molecular formula is C14H22ClNO. The van der Waals surface area contributed by atoms with Crippen LogP contribution in [-0.2, 0) is 0 Å². The van der Waals surface area contributed by atoms with Gasteiger partial charge in [0.1, 0.15) is 5.75 Å². The molecule has 0 heterocycles. The van der Waals surface area contributed by atoms with E-state index >= 15 is 0 Å². The first-order valence-corrected chi connectivity index (χ1v) is 6.66. The number of hydrogen-bond donors (Lipinski definition) is 1. The molecule has 1 aromatic carbocycles. The van der Waals surface area contributed by atoms with Gasteiger partial charge >= 0.3 is 0 Å². The van der Waals surface area contributed by atoms with Gasteiger partial charge in [0, 0.05) is 11.1 Å². The van der Waals surface area contributed by atoms with Crippen LogP contribution in [0.1, 0.15) is 44.7 Å². The summed E-state index contributed by atoms with van der Waals surface area (Å²) in [6.45, 7) is 5.04. The van der Waals surface area contributed by atoms with E-state index in [1.54, 1.807) is 0 Å². The van der Waals surface area contributed by atoms with E-state index < -0.39 is 0 Å². The molecule has 1 unspecified atom stereocenters. The van der Waals surface area contributed by atoms with Crippen molar-refractivity contribution in [3.8, 4) is 5.75 Å². The van der Waals surface area contributed by atoms with Crippen LogP contribution in [0.15, 0.2) is 18.2 Å². The monoisotopic (exact) mass is 255 g/mol. The average Bonchev–Trinajstić information content (AvgIpc) is 2.34. The molecule has 96 valence electrons. The first kappa shape index (κ1) is 14.3. The highest BCUT2D eigenvalue weighted by Gasteiger charge is 2.08. The number of ether oxygens (including phenoxy) is 1. The van der Waals surface area contributed by atoms with Crippen molar-refractivity contribution in [2.75, 3.05) is 13.7 Å². The van der Waals surface area contributed by atoms with Crippen molar-refractivity contribution in [2.24, 2.45) is 0 Å². The highest BCUT2D eigenvalue weighted by Crippen LogP contribution is 2.27. The van der Waals surface area contributed by atoms with E-state index in [0.29, 0.717) is 0 Å². The highest BCUT2D eigenvalue weighted by molar-refractivity contribution is 6.31. The number of unbranched alkanes of at least 4 members (excludes halogenated alkanes) is 2. The number of hydrogen-bond acceptors (Lipinski definition) is 2. The third-order valence-electron chi connectivity index (χ3n) is 2.89. The smallest absolute Gasteiger partial charge is 0.120 e. The molecule has 0 aliphatic rings. The topological polar surface area (TPSA) is 21.3 Å². The Morgan fingerprint density at radius 3 is 2.71 bits per heavy atom. The van der Waals surface area contributed by atoms with E-state index in [4.69, 9.17) is 16.3 Å². The summed E-state index contributed by atoms with van der Waals surface area (Å²) in [5, 5.41) is 3.94. The maximum Gasteiger partial charge on any atom is 0.120 e. The minimum atomic E-state index is 0.261. The zero-order valence-electron chi connectivity index (χ0n) is 10.9. The Morgan fingerprint density at radius 2 is 2.12 bits per heavy atom. The summed E-state index contributed by atoms with van der Waals surface area (Å²) in [6.07, 6.45) is 3.52. The second-order valence-electron chi connectivity index (χ2n) is 4.25. The Labute approximate surface area is 109 Å². The molecule has 0 saturated carbocycles. The van der Waals surface area contributed by atoms with Gasteiger partial charge in [0.2, 0.25) is 0 Å². The maximum absolute atomic E-state index is 6.22. The van der Waals surface area contributed by atoms with Gasteiger partial charge in [-0.2, -0.15) is 0 Å². The van der Waals surface area contributed by atoms with Crippen molar-refractivity contribution in [3.05, 3.63) is 28.8 Å². The van der Waals surface area contributed by atoms with Gasteiger partial charge in [0.05, 0.1) is 6.61 Å². The van der Waals surface area contributed by atoms with Gasteiger partial charge in [-0.3, -0.25) is 0 Å². The lowest BCUT2D eigenvalue weighted by Crippen LogP contribution is -2.12. The number of halogens is 1. The third kappa shape index (κ3) is 4.57. The molecule has 0 aromatic heterocycles. The van der Waals surface area contributed by atoms with E-state index in [-0.39, 0.29) is 6.04 Å². The molecule has 0 saturated heterocycles. The Kier molecular flexibility index (Phi) is 6.38. The first-order valence-electron chi connectivity index (χ1n) is 6.28. The van der Waals surface area contributed by atoms with E-state index in [9.17, 15) is 0 Å². The van der Waals surface area contributed by atoms with Crippen molar-refractivity contribution >= 4 is 11.6 Å². The quantitative estimate of drug-likeness (QED) is 0.738. The Bertz CT molecular complexity index is 341. The molecule has 0 aliphatic heterocycles. The molecular weight excluding hydrogens is 234 g/mol. The zero-order valence-corrected chi connectivity index (χ0v) is 11.7. The summed E-state index contributed by atoms with van der Waals surface area (Å²) in [6, 6.07) is 6.17. The van der Waals surface area contributed by atoms with Crippen LogP contribution in [0.2, 0.25) is 5.02 Å². The SMILES string of the molecule is CCCCCOc1ccc(C(C)NC)c(Cl)c1. The lowest BCUT2D eigenvalue weighted by Gasteiger charge is -2.14. The van der Waals surface area contributed by atoms with Crippen LogP contribution in [-0.4, -0.2) is 13.7 Å². The van der Waals surface area contributed by atoms with Gasteiger partial charge in [-0.05, 0) is 38.1 Å². The summed E-state index contributed by atoms with van der Waals surface area (Å²) in [4.78, 5) is 0. The fraction of sp³-hybridized carbons (Fsp3) is 0.571. The fourth-order valence-corrected chi connectivity index (χ4v) is 1.98. The maximum atomic E-state index is 6.22. The van der Waals surface area contributed by atoms with Gasteiger partial charge in [0.15, 0.2) is 0 Å². The molecule has 0 amide bonds. The van der Waals surface area contributed by atoms with Gasteiger partial charge in [-0.15, -0.1) is 0 Å². The predicted octanol–water partition coefficient (Wildman–Crippen LogP) is 4.19. The van der Waals surface area contributed by atoms with Crippen molar-refractivity contribution in [2.45, 2.75) is 39.2 Å². The molecule has 0 aliphatic carbocycles. The Morgan fingerprint density at radius 1 is 1.35 bits per heavy atom. The molecule has 0 spiro atoms. The molecule has 1 aromatic rings. The van der Waals surface area contributed by atoms with Gasteiger partial charge in [0.25, 0.3) is 0 Å². The zero-order chi connectivity index (χ0) is 12.7. The van der Waals surface area contributed by atoms with E-state index in [2.05, 4.69) is 19.2 Å². The summed E-state index contributed by atoms with van der Waals surface area (Å²) in [5.41, 5.74) is 1.11. The second kappa shape index (κ2) is 7.57. The predicted molar refractivity (Wildman–Crippen MR) is 73.9 cm³/mol. The summed E-state index contributed by atoms with van der Waals surface area (Å²) >= 11 is 6.22. The Balaban J connectivity index is 2.56. The lowest BCUT2D eigenvalue weighted by atomic mass is 10.1. The van der Waals surface area contributed by atoms with Crippen LogP contribution >= 0.6 is 11.6 Å². The van der Waals surface area contributed by atoms with Crippen LogP contribution < -0.4 is 10.1 Å². The largest absolute Gasteiger partial charge is 0.494 e. The van der Waals surface area contributed by atoms with Crippen LogP contribution in [0.25, 0.3) is 0 Å². The summed E-state index contributed by atoms with van der Waals surface area (Å²) < 4.78 is 5.65. The normalized spacial score (nSPS) is 12.5. The van der Waals surface area contributed by atoms with Crippen LogP contribution in [0.4, 0.5) is 0 Å². The molecule has 0 fully saturated rings. The van der Waals surface area contributed by atoms with Crippen molar-refractivity contribution < 1.29 is 4.74 Å². The average molecular weight is 256 g/mol. The second-order valence-corrected chi connectivity index (χ2v) is 4.66. The van der Waals surface area contributed by atoms with Gasteiger partial charge in [-0.1, -0.05) is 37.4 Å². The third-order valence-corrected chi connectivity index (χ3v) is 3.22. The molecule has 0 bridgehead atoms. The molecule has 3 heteroatoms. The minimum Gasteiger partial charge on any atom is -0.494 e. The lowest BCUT2D eigenvalue weighted by molar-refractivity contribution is 0.306. The van der Waals surface area contributed by atoms with Crippen molar-refractivity contribution in [1.82, 2.24) is 5.32 Å². The molecule has 2 nitrogen and oxygen atoms in total. The molecule has 1 rings (SSSR count). The number of rotatable bonds is 7. The highest BCUT2D eigenvalue weighted by atomic mass is 35.5. The van der Waals surface area contributed by atoms with Gasteiger partial charge in [-0.25, -0.2) is 0 Å². The molecule has 1 N–H and O–H groups in total. The standard InChI is InChI=1S/C14H22ClNO/c1-4-5-6-9-17-12-7-8-13(11(2)16-3)14(15)10-12/h7-8,10-11,16H,4-6,9H2,1-3H3. The minimum absolute atomic E-state index is 0.261. The summed E-state index contributed by atoms with van der Waals surface area (Å²) in [7, 11) is 1.93. The molecule has 1 atom stereocenters. The first-order chi connectivity index (χ1) is 8.19. The van der Waals surface area contributed by atoms with Crippen LogP contribution in [0, 0.1) is 0 Å². The molecule has 17 heavy (non-hydrogen) atoms. The number of nitrogens with one attached hydrogen (secondary N) is 1. The van der Waals surface area contributed by atoms with E-state index in [0.717, 1.165) is 29.4 Å². The number of benzene rings is 1. The molecule has 0 radical (unpaired) electrons. The van der Waals surface area contributed by atoms with Crippen molar-refractivity contribution in [1.29, 1.82) is 0 Å². The Hall–Kier alpha value is -0.730. The van der Waals surface area contributed by atoms with Gasteiger partial charge < -0.3 is 10.1 Å². The van der Waals surface area contributed by atoms with Crippen LogP contribution in [0.3, 0.4) is 0 Å². The van der Waals surface area contributed by atoms with Crippen LogP contribution in [0.5, 0.6) is 5.75 Å². The van der Waals surface area contributed by atoms with Crippen molar-refractivity contribution in [3.63, 3.8) is 0 Å². The van der Waals surface area contributed by atoms with E-state index in [1.807, 2.05) is 25.2 Å². The fourth-order valence-electron chi connectivity index (χ4n) is 1.65. The summed E-state index contributed by atoms with van der Waals surface area (Å²) in [5.74, 6) is 0.859.